The molecule has 1 N–H and O–H groups in total. The van der Waals surface area contributed by atoms with Crippen LogP contribution in [-0.4, -0.2) is 29.9 Å². The number of pyridine rings is 1. The van der Waals surface area contributed by atoms with E-state index in [2.05, 4.69) is 16.4 Å². The standard InChI is InChI=1S/C17H21N3O/c1-12-5-8-15(17(21)20(3)4)9-16(12)19-11-14-7-6-13(2)18-10-14/h5-10,19H,11H2,1-4H3. The Labute approximate surface area is 125 Å². The molecular formula is C17H21N3O. The number of carbonyl (C=O) groups is 1. The Kier molecular flexibility index (Phi) is 4.58. The molecule has 0 aliphatic carbocycles. The van der Waals surface area contributed by atoms with Gasteiger partial charge in [-0.3, -0.25) is 9.78 Å². The highest BCUT2D eigenvalue weighted by molar-refractivity contribution is 5.95. The molecule has 1 amide bonds. The molecule has 4 heteroatoms. The topological polar surface area (TPSA) is 45.2 Å². The summed E-state index contributed by atoms with van der Waals surface area (Å²) in [6.45, 7) is 4.69. The highest BCUT2D eigenvalue weighted by atomic mass is 16.2. The SMILES string of the molecule is Cc1ccc(CNc2cc(C(=O)N(C)C)ccc2C)cn1. The maximum Gasteiger partial charge on any atom is 0.253 e. The molecule has 2 aromatic rings. The first kappa shape index (κ1) is 15.0. The van der Waals surface area contributed by atoms with Gasteiger partial charge in [0.1, 0.15) is 0 Å². The van der Waals surface area contributed by atoms with E-state index in [1.165, 1.54) is 0 Å². The molecule has 21 heavy (non-hydrogen) atoms. The summed E-state index contributed by atoms with van der Waals surface area (Å²) in [6.07, 6.45) is 1.87. The van der Waals surface area contributed by atoms with Gasteiger partial charge in [-0.25, -0.2) is 0 Å². The Hall–Kier alpha value is -2.36. The van der Waals surface area contributed by atoms with Crippen molar-refractivity contribution in [2.75, 3.05) is 19.4 Å². The molecule has 4 nitrogen and oxygen atoms in total. The van der Waals surface area contributed by atoms with E-state index < -0.39 is 0 Å². The number of amides is 1. The van der Waals surface area contributed by atoms with Gasteiger partial charge >= 0.3 is 0 Å². The van der Waals surface area contributed by atoms with E-state index in [1.807, 2.05) is 44.3 Å². The number of benzene rings is 1. The van der Waals surface area contributed by atoms with E-state index in [1.54, 1.807) is 19.0 Å². The van der Waals surface area contributed by atoms with Gasteiger partial charge in [-0.05, 0) is 43.2 Å². The van der Waals surface area contributed by atoms with Crippen molar-refractivity contribution < 1.29 is 4.79 Å². The van der Waals surface area contributed by atoms with Crippen LogP contribution in [0.1, 0.15) is 27.2 Å². The summed E-state index contributed by atoms with van der Waals surface area (Å²) >= 11 is 0. The summed E-state index contributed by atoms with van der Waals surface area (Å²) in [5.74, 6) is 0.00931. The summed E-state index contributed by atoms with van der Waals surface area (Å²) in [5.41, 5.74) is 4.90. The molecule has 0 saturated heterocycles. The smallest absolute Gasteiger partial charge is 0.253 e. The monoisotopic (exact) mass is 283 g/mol. The van der Waals surface area contributed by atoms with Crippen LogP contribution in [0.15, 0.2) is 36.5 Å². The highest BCUT2D eigenvalue weighted by Gasteiger charge is 2.09. The maximum atomic E-state index is 12.0. The highest BCUT2D eigenvalue weighted by Crippen LogP contribution is 2.18. The van der Waals surface area contributed by atoms with Gasteiger partial charge in [0, 0.05) is 43.8 Å². The van der Waals surface area contributed by atoms with Gasteiger partial charge in [-0.15, -0.1) is 0 Å². The molecule has 0 unspecified atom stereocenters. The summed E-state index contributed by atoms with van der Waals surface area (Å²) in [4.78, 5) is 17.9. The zero-order valence-electron chi connectivity index (χ0n) is 13.0. The number of carbonyl (C=O) groups excluding carboxylic acids is 1. The van der Waals surface area contributed by atoms with Crippen molar-refractivity contribution in [1.29, 1.82) is 0 Å². The number of hydrogen-bond donors (Lipinski definition) is 1. The van der Waals surface area contributed by atoms with Crippen molar-refractivity contribution in [2.45, 2.75) is 20.4 Å². The molecule has 0 fully saturated rings. The fraction of sp³-hybridized carbons (Fsp3) is 0.294. The van der Waals surface area contributed by atoms with Crippen LogP contribution in [0, 0.1) is 13.8 Å². The number of rotatable bonds is 4. The Balaban J connectivity index is 2.14. The Morgan fingerprint density at radius 2 is 1.95 bits per heavy atom. The second kappa shape index (κ2) is 6.39. The molecule has 0 bridgehead atoms. The van der Waals surface area contributed by atoms with Crippen molar-refractivity contribution >= 4 is 11.6 Å². The number of nitrogens with zero attached hydrogens (tertiary/aromatic N) is 2. The van der Waals surface area contributed by atoms with Crippen LogP contribution in [0.3, 0.4) is 0 Å². The summed E-state index contributed by atoms with van der Waals surface area (Å²) in [7, 11) is 3.51. The van der Waals surface area contributed by atoms with Crippen LogP contribution in [0.4, 0.5) is 5.69 Å². The van der Waals surface area contributed by atoms with Gasteiger partial charge in [-0.1, -0.05) is 12.1 Å². The summed E-state index contributed by atoms with van der Waals surface area (Å²) in [5, 5.41) is 3.37. The first-order chi connectivity index (χ1) is 9.97. The Morgan fingerprint density at radius 3 is 2.57 bits per heavy atom. The van der Waals surface area contributed by atoms with Crippen LogP contribution >= 0.6 is 0 Å². The first-order valence-electron chi connectivity index (χ1n) is 6.95. The van der Waals surface area contributed by atoms with Gasteiger partial charge in [-0.2, -0.15) is 0 Å². The molecule has 0 atom stereocenters. The Bertz CT molecular complexity index is 633. The number of aryl methyl sites for hydroxylation is 2. The predicted molar refractivity (Wildman–Crippen MR) is 85.5 cm³/mol. The molecule has 110 valence electrons. The van der Waals surface area contributed by atoms with Crippen LogP contribution in [-0.2, 0) is 6.54 Å². The van der Waals surface area contributed by atoms with Crippen molar-refractivity contribution in [3.8, 4) is 0 Å². The lowest BCUT2D eigenvalue weighted by Crippen LogP contribution is -2.21. The molecule has 0 aliphatic rings. The van der Waals surface area contributed by atoms with Crippen molar-refractivity contribution in [2.24, 2.45) is 0 Å². The van der Waals surface area contributed by atoms with Gasteiger partial charge in [0.15, 0.2) is 0 Å². The minimum atomic E-state index is 0.00931. The molecule has 1 aromatic heterocycles. The van der Waals surface area contributed by atoms with E-state index >= 15 is 0 Å². The van der Waals surface area contributed by atoms with Gasteiger partial charge in [0.2, 0.25) is 0 Å². The summed E-state index contributed by atoms with van der Waals surface area (Å²) < 4.78 is 0. The number of aromatic nitrogens is 1. The third-order valence-corrected chi connectivity index (χ3v) is 3.35. The third kappa shape index (κ3) is 3.81. The lowest BCUT2D eigenvalue weighted by Gasteiger charge is -2.14. The van der Waals surface area contributed by atoms with Gasteiger partial charge < -0.3 is 10.2 Å². The van der Waals surface area contributed by atoms with E-state index in [0.717, 1.165) is 22.5 Å². The predicted octanol–water partition coefficient (Wildman–Crippen LogP) is 3.01. The van der Waals surface area contributed by atoms with Gasteiger partial charge in [0.25, 0.3) is 5.91 Å². The lowest BCUT2D eigenvalue weighted by molar-refractivity contribution is 0.0827. The molecule has 0 saturated carbocycles. The number of hydrogen-bond acceptors (Lipinski definition) is 3. The minimum absolute atomic E-state index is 0.00931. The fourth-order valence-corrected chi connectivity index (χ4v) is 2.00. The lowest BCUT2D eigenvalue weighted by atomic mass is 10.1. The van der Waals surface area contributed by atoms with E-state index in [4.69, 9.17) is 0 Å². The normalized spacial score (nSPS) is 10.3. The van der Waals surface area contributed by atoms with E-state index in [-0.39, 0.29) is 5.91 Å². The molecule has 0 spiro atoms. The summed E-state index contributed by atoms with van der Waals surface area (Å²) in [6, 6.07) is 9.78. The van der Waals surface area contributed by atoms with Gasteiger partial charge in [0.05, 0.1) is 0 Å². The molecule has 1 aromatic carbocycles. The first-order valence-corrected chi connectivity index (χ1v) is 6.95. The number of nitrogens with one attached hydrogen (secondary N) is 1. The number of anilines is 1. The molecule has 0 aliphatic heterocycles. The second-order valence-electron chi connectivity index (χ2n) is 5.39. The zero-order chi connectivity index (χ0) is 15.4. The van der Waals surface area contributed by atoms with Crippen LogP contribution in [0.25, 0.3) is 0 Å². The molecule has 0 radical (unpaired) electrons. The second-order valence-corrected chi connectivity index (χ2v) is 5.39. The quantitative estimate of drug-likeness (QED) is 0.938. The van der Waals surface area contributed by atoms with E-state index in [9.17, 15) is 4.79 Å². The van der Waals surface area contributed by atoms with Crippen molar-refractivity contribution in [3.05, 3.63) is 58.9 Å². The minimum Gasteiger partial charge on any atom is -0.381 e. The van der Waals surface area contributed by atoms with Crippen molar-refractivity contribution in [3.63, 3.8) is 0 Å². The van der Waals surface area contributed by atoms with Crippen molar-refractivity contribution in [1.82, 2.24) is 9.88 Å². The maximum absolute atomic E-state index is 12.0. The van der Waals surface area contributed by atoms with Crippen LogP contribution in [0.2, 0.25) is 0 Å². The molecule has 2 rings (SSSR count). The molecule has 1 heterocycles. The van der Waals surface area contributed by atoms with Crippen LogP contribution < -0.4 is 5.32 Å². The zero-order valence-corrected chi connectivity index (χ0v) is 13.0. The average Bonchev–Trinajstić information content (AvgIpc) is 2.47. The van der Waals surface area contributed by atoms with E-state index in [0.29, 0.717) is 12.1 Å². The largest absolute Gasteiger partial charge is 0.381 e. The average molecular weight is 283 g/mol. The Morgan fingerprint density at radius 1 is 1.19 bits per heavy atom. The fourth-order valence-electron chi connectivity index (χ4n) is 2.00. The molecular weight excluding hydrogens is 262 g/mol. The van der Waals surface area contributed by atoms with Crippen LogP contribution in [0.5, 0.6) is 0 Å². The third-order valence-electron chi connectivity index (χ3n) is 3.35.